The Bertz CT molecular complexity index is 2070. The van der Waals surface area contributed by atoms with Crippen LogP contribution in [0.1, 0.15) is 78.3 Å². The van der Waals surface area contributed by atoms with Crippen LogP contribution < -0.4 is 36.9 Å². The van der Waals surface area contributed by atoms with Crippen molar-refractivity contribution < 1.29 is 37.4 Å². The lowest BCUT2D eigenvalue weighted by Gasteiger charge is -2.33. The molecule has 0 bridgehead atoms. The van der Waals surface area contributed by atoms with Crippen LogP contribution in [0.15, 0.2) is 48.8 Å². The normalized spacial score (nSPS) is 14.8. The molecule has 2 fully saturated rings. The molecule has 4 heterocycles. The highest BCUT2D eigenvalue weighted by Crippen LogP contribution is 2.27. The number of ether oxygens (including phenoxy) is 3. The van der Waals surface area contributed by atoms with Crippen LogP contribution in [-0.4, -0.2) is 101 Å². The number of aromatic nitrogens is 4. The molecule has 2 aliphatic rings. The number of rotatable bonds is 10. The minimum absolute atomic E-state index is 0.0231. The highest BCUT2D eigenvalue weighted by molar-refractivity contribution is 6.13. The maximum atomic E-state index is 13.6. The van der Waals surface area contributed by atoms with Gasteiger partial charge in [0.15, 0.2) is 0 Å². The predicted molar refractivity (Wildman–Crippen MR) is 210 cm³/mol. The van der Waals surface area contributed by atoms with E-state index in [9.17, 15) is 23.2 Å². The molecule has 0 saturated carbocycles. The van der Waals surface area contributed by atoms with E-state index in [0.717, 1.165) is 38.1 Å². The number of nitrogen functional groups attached to an aromatic ring is 2. The van der Waals surface area contributed by atoms with Gasteiger partial charge >= 0.3 is 6.09 Å². The molecule has 0 spiro atoms. The van der Waals surface area contributed by atoms with Gasteiger partial charge in [0.05, 0.1) is 36.5 Å². The van der Waals surface area contributed by atoms with Crippen LogP contribution >= 0.6 is 0 Å². The molecule has 1 amide bonds. The first kappa shape index (κ1) is 42.0. The molecule has 0 radical (unpaired) electrons. The largest absolute Gasteiger partial charge is 0.496 e. The monoisotopic (exact) mass is 790 g/mol. The lowest BCUT2D eigenvalue weighted by Crippen LogP contribution is -2.44. The fourth-order valence-corrected chi connectivity index (χ4v) is 6.15. The third-order valence-corrected chi connectivity index (χ3v) is 9.09. The number of benzene rings is 2. The van der Waals surface area contributed by atoms with E-state index in [2.05, 4.69) is 35.9 Å². The Morgan fingerprint density at radius 1 is 0.737 bits per heavy atom. The number of carbonyl (C=O) groups excluding carboxylic acids is 3. The molecule has 57 heavy (non-hydrogen) atoms. The third kappa shape index (κ3) is 11.2. The molecule has 0 unspecified atom stereocenters. The summed E-state index contributed by atoms with van der Waals surface area (Å²) >= 11 is 0. The number of anilines is 4. The summed E-state index contributed by atoms with van der Waals surface area (Å²) in [5.41, 5.74) is 11.7. The first-order valence-electron chi connectivity index (χ1n) is 18.4. The number of nitrogens with zero attached hydrogens (tertiary/aromatic N) is 5. The van der Waals surface area contributed by atoms with Gasteiger partial charge in [-0.05, 0) is 95.9 Å². The van der Waals surface area contributed by atoms with Crippen LogP contribution in [0.2, 0.25) is 0 Å². The van der Waals surface area contributed by atoms with Crippen molar-refractivity contribution in [1.82, 2.24) is 30.2 Å². The van der Waals surface area contributed by atoms with Gasteiger partial charge in [0.2, 0.25) is 23.5 Å². The van der Waals surface area contributed by atoms with Crippen LogP contribution in [0.5, 0.6) is 11.5 Å². The molecule has 0 atom stereocenters. The molecule has 2 aromatic carbocycles. The van der Waals surface area contributed by atoms with Crippen molar-refractivity contribution >= 4 is 41.2 Å². The average Bonchev–Trinajstić information content (AvgIpc) is 3.18. The van der Waals surface area contributed by atoms with Gasteiger partial charge in [-0.1, -0.05) is 0 Å². The summed E-state index contributed by atoms with van der Waals surface area (Å²) in [6.45, 7) is 8.45. The topological polar surface area (TPSA) is 222 Å². The summed E-state index contributed by atoms with van der Waals surface area (Å²) in [6.07, 6.45) is 5.64. The van der Waals surface area contributed by atoms with E-state index in [1.807, 2.05) is 20.8 Å². The molecule has 4 aromatic rings. The first-order valence-corrected chi connectivity index (χ1v) is 18.4. The zero-order valence-electron chi connectivity index (χ0n) is 32.5. The lowest BCUT2D eigenvalue weighted by atomic mass is 10.0. The number of nitrogens with one attached hydrogen (secondary N) is 3. The van der Waals surface area contributed by atoms with Crippen molar-refractivity contribution in [3.63, 3.8) is 0 Å². The van der Waals surface area contributed by atoms with Crippen LogP contribution in [0.25, 0.3) is 0 Å². The number of hydrogen-bond donors (Lipinski definition) is 5. The fraction of sp³-hybridized carbons (Fsp3) is 0.410. The van der Waals surface area contributed by atoms with Crippen molar-refractivity contribution in [2.24, 2.45) is 0 Å². The van der Waals surface area contributed by atoms with Gasteiger partial charge in [-0.3, -0.25) is 9.59 Å². The van der Waals surface area contributed by atoms with E-state index in [4.69, 9.17) is 25.7 Å². The maximum Gasteiger partial charge on any atom is 0.410 e. The second kappa shape index (κ2) is 18.6. The Morgan fingerprint density at radius 2 is 1.18 bits per heavy atom. The average molecular weight is 791 g/mol. The highest BCUT2D eigenvalue weighted by atomic mass is 19.1. The second-order valence-corrected chi connectivity index (χ2v) is 14.4. The van der Waals surface area contributed by atoms with E-state index in [-0.39, 0.29) is 69.5 Å². The number of methoxy groups -OCH3 is 2. The highest BCUT2D eigenvalue weighted by Gasteiger charge is 2.28. The number of piperidine rings is 2. The number of carbonyl (C=O) groups is 3. The molecule has 0 aliphatic carbocycles. The van der Waals surface area contributed by atoms with Crippen LogP contribution in [-0.2, 0) is 4.74 Å². The Hall–Kier alpha value is -6.17. The number of ketones is 2. The van der Waals surface area contributed by atoms with Gasteiger partial charge in [0, 0.05) is 37.6 Å². The van der Waals surface area contributed by atoms with Crippen LogP contribution in [0, 0.1) is 11.6 Å². The SMILES string of the molecule is COc1ccc(F)cc1C(=O)c1cnc(NC2CCN(C(=O)OC(C)(C)C)CC2)nc1N.COc1ccc(F)cc1C(=O)c1cnc(NC2CCNCC2)nc1N. The van der Waals surface area contributed by atoms with Gasteiger partial charge < -0.3 is 46.5 Å². The number of hydrogen-bond acceptors (Lipinski definition) is 15. The molecule has 18 heteroatoms. The zero-order chi connectivity index (χ0) is 41.3. The fourth-order valence-electron chi connectivity index (χ4n) is 6.15. The molecule has 2 aromatic heterocycles. The van der Waals surface area contributed by atoms with Crippen molar-refractivity contribution in [2.75, 3.05) is 62.5 Å². The maximum absolute atomic E-state index is 13.6. The summed E-state index contributed by atoms with van der Waals surface area (Å²) < 4.78 is 42.8. The van der Waals surface area contributed by atoms with Crippen molar-refractivity contribution in [3.05, 3.63) is 82.7 Å². The third-order valence-electron chi connectivity index (χ3n) is 9.09. The smallest absolute Gasteiger partial charge is 0.410 e. The number of nitrogens with two attached hydrogens (primary N) is 2. The van der Waals surface area contributed by atoms with E-state index < -0.39 is 28.8 Å². The second-order valence-electron chi connectivity index (χ2n) is 14.4. The molecule has 6 rings (SSSR count). The summed E-state index contributed by atoms with van der Waals surface area (Å²) in [4.78, 5) is 56.1. The summed E-state index contributed by atoms with van der Waals surface area (Å²) in [6, 6.07) is 7.71. The molecule has 2 saturated heterocycles. The molecule has 7 N–H and O–H groups in total. The Kier molecular flexibility index (Phi) is 13.7. The molecule has 2 aliphatic heterocycles. The molecular weight excluding hydrogens is 742 g/mol. The van der Waals surface area contributed by atoms with E-state index in [0.29, 0.717) is 31.9 Å². The number of halogens is 2. The molecule has 304 valence electrons. The summed E-state index contributed by atoms with van der Waals surface area (Å²) in [5, 5.41) is 9.69. The van der Waals surface area contributed by atoms with E-state index in [1.165, 1.54) is 50.9 Å². The van der Waals surface area contributed by atoms with Gasteiger partial charge in [-0.2, -0.15) is 9.97 Å². The minimum Gasteiger partial charge on any atom is -0.496 e. The Balaban J connectivity index is 0.000000224. The summed E-state index contributed by atoms with van der Waals surface area (Å²) in [7, 11) is 2.81. The van der Waals surface area contributed by atoms with Crippen molar-refractivity contribution in [2.45, 2.75) is 64.1 Å². The standard InChI is InChI=1S/C22H28FN5O4.C17H20FN5O2/c1-22(2,3)32-21(30)28-9-7-14(8-10-28)26-20-25-12-16(19(24)27-20)18(29)15-11-13(23)5-6-17(15)31-4;1-25-14-3-2-10(18)8-12(14)15(24)13-9-21-17(23-16(13)19)22-11-4-6-20-7-5-11/h5-6,11-12,14H,7-10H2,1-4H3,(H3,24,25,26,27);2-3,8-9,11,20H,4-7H2,1H3,(H3,19,21,22,23). The van der Waals surface area contributed by atoms with Crippen LogP contribution in [0.4, 0.5) is 37.1 Å². The van der Waals surface area contributed by atoms with Gasteiger partial charge in [0.1, 0.15) is 40.4 Å². The quantitative estimate of drug-likeness (QED) is 0.136. The van der Waals surface area contributed by atoms with Gasteiger partial charge in [-0.25, -0.2) is 23.5 Å². The molecule has 16 nitrogen and oxygen atoms in total. The molecular formula is C39H48F2N10O6. The zero-order valence-corrected chi connectivity index (χ0v) is 32.5. The summed E-state index contributed by atoms with van der Waals surface area (Å²) in [5.74, 6) is -0.936. The number of amides is 1. The Labute approximate surface area is 329 Å². The predicted octanol–water partition coefficient (Wildman–Crippen LogP) is 4.85. The number of likely N-dealkylation sites (tertiary alicyclic amines) is 1. The van der Waals surface area contributed by atoms with Crippen molar-refractivity contribution in [1.29, 1.82) is 0 Å². The minimum atomic E-state index is -0.565. The Morgan fingerprint density at radius 3 is 1.58 bits per heavy atom. The van der Waals surface area contributed by atoms with E-state index >= 15 is 0 Å². The van der Waals surface area contributed by atoms with Crippen LogP contribution in [0.3, 0.4) is 0 Å². The lowest BCUT2D eigenvalue weighted by molar-refractivity contribution is 0.0210. The van der Waals surface area contributed by atoms with Gasteiger partial charge in [0.25, 0.3) is 0 Å². The van der Waals surface area contributed by atoms with Crippen molar-refractivity contribution in [3.8, 4) is 11.5 Å². The van der Waals surface area contributed by atoms with E-state index in [1.54, 1.807) is 4.90 Å². The van der Waals surface area contributed by atoms with Gasteiger partial charge in [-0.15, -0.1) is 0 Å². The first-order chi connectivity index (χ1) is 27.1.